The standard InChI is InChI=1S/C21H22B3N7O2/c1-31-16-9-11(3-8-15(16)29-30-31)14-10-25-18-17(14)19(33-21(22,23)24)28-20(27-18)26-12-4-6-13(32-2)7-5-12/h3,8-10,12-13H,4-7H2,1-2H3,(H2,25,26,27,28). The molecule has 0 amide bonds. The quantitative estimate of drug-likeness (QED) is 0.444. The molecule has 4 aromatic rings. The molecule has 1 aromatic carbocycles. The Labute approximate surface area is 195 Å². The molecule has 3 heterocycles. The van der Waals surface area contributed by atoms with E-state index >= 15 is 0 Å². The number of fused-ring (bicyclic) bond motifs is 2. The highest BCUT2D eigenvalue weighted by molar-refractivity contribution is 6.58. The summed E-state index contributed by atoms with van der Waals surface area (Å²) in [4.78, 5) is 12.5. The molecule has 0 spiro atoms. The second-order valence-corrected chi connectivity index (χ2v) is 8.50. The van der Waals surface area contributed by atoms with Gasteiger partial charge in [0.2, 0.25) is 11.8 Å². The molecule has 0 aliphatic heterocycles. The molecule has 0 bridgehead atoms. The minimum absolute atomic E-state index is 0.194. The lowest BCUT2D eigenvalue weighted by Gasteiger charge is -2.28. The molecule has 0 atom stereocenters. The van der Waals surface area contributed by atoms with Gasteiger partial charge in [0, 0.05) is 32.0 Å². The minimum atomic E-state index is -1.90. The largest absolute Gasteiger partial charge is 0.500 e. The molecule has 162 valence electrons. The zero-order valence-corrected chi connectivity index (χ0v) is 18.6. The highest BCUT2D eigenvalue weighted by Crippen LogP contribution is 2.36. The van der Waals surface area contributed by atoms with E-state index in [9.17, 15) is 0 Å². The van der Waals surface area contributed by atoms with Crippen molar-refractivity contribution in [2.24, 2.45) is 7.05 Å². The maximum Gasteiger partial charge on any atom is 0.228 e. The summed E-state index contributed by atoms with van der Waals surface area (Å²) in [5.41, 5.74) is 3.99. The van der Waals surface area contributed by atoms with Crippen molar-refractivity contribution in [1.29, 1.82) is 0 Å². The fraction of sp³-hybridized carbons (Fsp3) is 0.429. The lowest BCUT2D eigenvalue weighted by atomic mass is 9.52. The molecule has 2 N–H and O–H groups in total. The van der Waals surface area contributed by atoms with Crippen LogP contribution in [0.25, 0.3) is 33.2 Å². The maximum absolute atomic E-state index is 5.77. The molecule has 9 nitrogen and oxygen atoms in total. The van der Waals surface area contributed by atoms with Crippen molar-refractivity contribution in [3.05, 3.63) is 24.4 Å². The fourth-order valence-electron chi connectivity index (χ4n) is 4.36. The van der Waals surface area contributed by atoms with Gasteiger partial charge < -0.3 is 19.8 Å². The van der Waals surface area contributed by atoms with Gasteiger partial charge in [0.1, 0.15) is 34.7 Å². The number of rotatable bonds is 6. The third-order valence-electron chi connectivity index (χ3n) is 6.03. The molecule has 12 heteroatoms. The van der Waals surface area contributed by atoms with E-state index in [1.54, 1.807) is 11.8 Å². The summed E-state index contributed by atoms with van der Waals surface area (Å²) < 4.78 is 12.8. The number of nitrogens with one attached hydrogen (secondary N) is 2. The Bertz CT molecular complexity index is 1290. The number of aryl methyl sites for hydroxylation is 1. The monoisotopic (exact) mass is 437 g/mol. The summed E-state index contributed by atoms with van der Waals surface area (Å²) in [6.45, 7) is 0. The Balaban J connectivity index is 1.54. The van der Waals surface area contributed by atoms with Crippen molar-refractivity contribution < 1.29 is 9.47 Å². The Kier molecular flexibility index (Phi) is 5.56. The highest BCUT2D eigenvalue weighted by Gasteiger charge is 2.24. The molecule has 33 heavy (non-hydrogen) atoms. The maximum atomic E-state index is 5.77. The van der Waals surface area contributed by atoms with Gasteiger partial charge in [-0.3, -0.25) is 0 Å². The summed E-state index contributed by atoms with van der Waals surface area (Å²) in [7, 11) is 20.9. The number of anilines is 1. The summed E-state index contributed by atoms with van der Waals surface area (Å²) in [5, 5.41) is 10.3. The van der Waals surface area contributed by atoms with Gasteiger partial charge >= 0.3 is 0 Å². The molecular weight excluding hydrogens is 415 g/mol. The molecule has 1 fully saturated rings. The minimum Gasteiger partial charge on any atom is -0.500 e. The van der Waals surface area contributed by atoms with E-state index in [4.69, 9.17) is 33.0 Å². The first-order chi connectivity index (χ1) is 15.8. The van der Waals surface area contributed by atoms with Crippen molar-refractivity contribution >= 4 is 51.6 Å². The first-order valence-electron chi connectivity index (χ1n) is 10.8. The first-order valence-corrected chi connectivity index (χ1v) is 10.8. The van der Waals surface area contributed by atoms with Crippen LogP contribution in [-0.4, -0.2) is 78.0 Å². The second-order valence-electron chi connectivity index (χ2n) is 8.50. The number of nitrogens with zero attached hydrogens (tertiary/aromatic N) is 5. The van der Waals surface area contributed by atoms with Crippen LogP contribution in [0.3, 0.4) is 0 Å². The average molecular weight is 437 g/mol. The van der Waals surface area contributed by atoms with E-state index in [1.165, 1.54) is 0 Å². The second kappa shape index (κ2) is 8.41. The van der Waals surface area contributed by atoms with Crippen LogP contribution >= 0.6 is 0 Å². The van der Waals surface area contributed by atoms with Crippen molar-refractivity contribution in [2.45, 2.75) is 43.1 Å². The number of ether oxygens (including phenoxy) is 2. The summed E-state index contributed by atoms with van der Waals surface area (Å²) in [6.07, 6.45) is 6.02. The number of hydrogen-bond donors (Lipinski definition) is 2. The zero-order valence-electron chi connectivity index (χ0n) is 18.6. The van der Waals surface area contributed by atoms with E-state index in [1.807, 2.05) is 31.4 Å². The Morgan fingerprint density at radius 2 is 1.94 bits per heavy atom. The molecule has 5 rings (SSSR count). The molecular formula is C21H22B3N7O2. The normalized spacial score (nSPS) is 19.2. The molecule has 1 aliphatic carbocycles. The van der Waals surface area contributed by atoms with E-state index < -0.39 is 5.30 Å². The van der Waals surface area contributed by atoms with Gasteiger partial charge in [-0.2, -0.15) is 9.97 Å². The summed E-state index contributed by atoms with van der Waals surface area (Å²) >= 11 is 0. The topological polar surface area (TPSA) is 103 Å². The Morgan fingerprint density at radius 3 is 2.67 bits per heavy atom. The SMILES string of the molecule is [B]C([B])([B])Oc1nc(NC2CCC(OC)CC2)nc2[nH]cc(-c3ccc4nnn(C)c4c3)c12. The molecule has 0 unspecified atom stereocenters. The van der Waals surface area contributed by atoms with Gasteiger partial charge in [-0.1, -0.05) is 11.3 Å². The van der Waals surface area contributed by atoms with Crippen molar-refractivity contribution in [3.8, 4) is 17.0 Å². The lowest BCUT2D eigenvalue weighted by molar-refractivity contribution is 0.0681. The molecule has 1 aliphatic rings. The average Bonchev–Trinajstić information content (AvgIpc) is 3.37. The van der Waals surface area contributed by atoms with E-state index in [-0.39, 0.29) is 11.9 Å². The van der Waals surface area contributed by atoms with E-state index in [2.05, 4.69) is 30.6 Å². The van der Waals surface area contributed by atoms with Gasteiger partial charge in [0.05, 0.1) is 17.0 Å². The van der Waals surface area contributed by atoms with Crippen LogP contribution in [0, 0.1) is 0 Å². The molecule has 6 radical (unpaired) electrons. The molecule has 3 aromatic heterocycles. The number of benzene rings is 1. The third-order valence-corrected chi connectivity index (χ3v) is 6.03. The van der Waals surface area contributed by atoms with Gasteiger partial charge in [0.25, 0.3) is 0 Å². The number of aromatic nitrogens is 6. The smallest absolute Gasteiger partial charge is 0.228 e. The Hall–Kier alpha value is -3.01. The number of hydrogen-bond acceptors (Lipinski definition) is 7. The van der Waals surface area contributed by atoms with Gasteiger partial charge in [0.15, 0.2) is 0 Å². The van der Waals surface area contributed by atoms with Crippen LogP contribution in [-0.2, 0) is 11.8 Å². The van der Waals surface area contributed by atoms with Gasteiger partial charge in [-0.15, -0.1) is 5.10 Å². The Morgan fingerprint density at radius 1 is 1.15 bits per heavy atom. The predicted octanol–water partition coefficient (Wildman–Crippen LogP) is 1.77. The molecule has 1 saturated carbocycles. The highest BCUT2D eigenvalue weighted by atomic mass is 16.5. The fourth-order valence-corrected chi connectivity index (χ4v) is 4.36. The van der Waals surface area contributed by atoms with Gasteiger partial charge in [-0.25, -0.2) is 4.68 Å². The van der Waals surface area contributed by atoms with Crippen LogP contribution in [0.2, 0.25) is 0 Å². The van der Waals surface area contributed by atoms with E-state index in [0.29, 0.717) is 23.1 Å². The van der Waals surface area contributed by atoms with Crippen LogP contribution in [0.5, 0.6) is 5.88 Å². The summed E-state index contributed by atoms with van der Waals surface area (Å²) in [6, 6.07) is 6.07. The number of H-pyrrole nitrogens is 1. The lowest BCUT2D eigenvalue weighted by Crippen LogP contribution is -2.38. The third kappa shape index (κ3) is 4.44. The number of aromatic amines is 1. The van der Waals surface area contributed by atoms with Crippen LogP contribution in [0.15, 0.2) is 24.4 Å². The number of methoxy groups -OCH3 is 1. The zero-order chi connectivity index (χ0) is 23.2. The van der Waals surface area contributed by atoms with E-state index in [0.717, 1.165) is 47.8 Å². The van der Waals surface area contributed by atoms with Crippen molar-refractivity contribution in [2.75, 3.05) is 12.4 Å². The van der Waals surface area contributed by atoms with Crippen molar-refractivity contribution in [1.82, 2.24) is 29.9 Å². The summed E-state index contributed by atoms with van der Waals surface area (Å²) in [5.74, 6) is 0.613. The first kappa shape index (κ1) is 21.8. The molecule has 0 saturated heterocycles. The predicted molar refractivity (Wildman–Crippen MR) is 129 cm³/mol. The van der Waals surface area contributed by atoms with Crippen LogP contribution < -0.4 is 10.1 Å². The van der Waals surface area contributed by atoms with Crippen LogP contribution in [0.4, 0.5) is 5.95 Å². The van der Waals surface area contributed by atoms with Crippen LogP contribution in [0.1, 0.15) is 25.7 Å². The van der Waals surface area contributed by atoms with Gasteiger partial charge in [-0.05, 0) is 48.7 Å². The van der Waals surface area contributed by atoms with Crippen molar-refractivity contribution in [3.63, 3.8) is 0 Å².